The van der Waals surface area contributed by atoms with E-state index >= 15 is 0 Å². The number of carbonyl (C=O) groups excluding carboxylic acids is 7. The number of carbonyl (C=O) groups is 8. The van der Waals surface area contributed by atoms with Crippen LogP contribution in [0.2, 0.25) is 0 Å². The smallest absolute Gasteiger partial charge is 0.408 e. The minimum absolute atomic E-state index is 0. The van der Waals surface area contributed by atoms with Crippen molar-refractivity contribution < 1.29 is 82.1 Å². The molecule has 6 N–H and O–H groups in total. The number of likely N-dealkylation sites (tertiary alicyclic amines) is 2. The summed E-state index contributed by atoms with van der Waals surface area (Å²) in [5.74, 6) is -2.48. The molecular weight excluding hydrogens is 1060 g/mol. The third-order valence-electron chi connectivity index (χ3n) is 18.5. The first-order valence-corrected chi connectivity index (χ1v) is 29.6. The number of carboxylic acids is 1. The summed E-state index contributed by atoms with van der Waals surface area (Å²) >= 11 is 0. The van der Waals surface area contributed by atoms with Crippen molar-refractivity contribution in [3.8, 4) is 0 Å². The molecule has 8 rings (SSSR count). The summed E-state index contributed by atoms with van der Waals surface area (Å²) in [6, 6.07) is -3.98. The van der Waals surface area contributed by atoms with E-state index in [2.05, 4.69) is 48.4 Å². The lowest BCUT2D eigenvalue weighted by Crippen LogP contribution is -2.60. The van der Waals surface area contributed by atoms with Crippen LogP contribution in [0.1, 0.15) is 161 Å². The van der Waals surface area contributed by atoms with Gasteiger partial charge >= 0.3 is 30.1 Å². The molecule has 0 aromatic heterocycles. The Morgan fingerprint density at radius 1 is 0.585 bits per heavy atom. The van der Waals surface area contributed by atoms with Crippen LogP contribution in [0, 0.1) is 64.1 Å². The van der Waals surface area contributed by atoms with Crippen LogP contribution in [0.25, 0.3) is 0 Å². The third-order valence-corrected chi connectivity index (χ3v) is 18.5. The van der Waals surface area contributed by atoms with Gasteiger partial charge in [-0.1, -0.05) is 80.6 Å². The van der Waals surface area contributed by atoms with Crippen molar-refractivity contribution in [1.29, 1.82) is 0 Å². The van der Waals surface area contributed by atoms with Crippen molar-refractivity contribution in [2.75, 3.05) is 53.7 Å². The van der Waals surface area contributed by atoms with Gasteiger partial charge in [-0.05, 0) is 126 Å². The maximum Gasteiger partial charge on any atom is 0.408 e. The minimum Gasteiger partial charge on any atom is -0.480 e. The summed E-state index contributed by atoms with van der Waals surface area (Å²) in [6.45, 7) is 24.2. The van der Waals surface area contributed by atoms with E-state index in [-0.39, 0.29) is 77.4 Å². The Hall–Kier alpha value is -4.80. The van der Waals surface area contributed by atoms with Crippen molar-refractivity contribution in [3.05, 3.63) is 0 Å². The molecule has 0 radical (unpaired) electrons. The number of aliphatic hydroxyl groups is 2. The summed E-state index contributed by atoms with van der Waals surface area (Å²) in [7, 11) is 2.47. The molecule has 4 aliphatic carbocycles. The molecule has 0 bridgehead atoms. The Morgan fingerprint density at radius 3 is 1.33 bits per heavy atom. The highest BCUT2D eigenvalue weighted by molar-refractivity contribution is 5.94. The van der Waals surface area contributed by atoms with E-state index < -0.39 is 89.6 Å². The van der Waals surface area contributed by atoms with E-state index in [0.29, 0.717) is 38.6 Å². The molecule has 22 nitrogen and oxygen atoms in total. The average Bonchev–Trinajstić information content (AvgIpc) is 3.69. The maximum absolute atomic E-state index is 14.2. The highest BCUT2D eigenvalue weighted by Crippen LogP contribution is 2.66. The maximum atomic E-state index is 14.2. The minimum atomic E-state index is -1.54. The van der Waals surface area contributed by atoms with E-state index in [1.165, 1.54) is 19.1 Å². The largest absolute Gasteiger partial charge is 0.480 e. The van der Waals surface area contributed by atoms with E-state index in [1.807, 2.05) is 6.92 Å². The Labute approximate surface area is 486 Å². The average molecular weight is 1160 g/mol. The molecule has 22 heteroatoms. The second-order valence-corrected chi connectivity index (χ2v) is 27.5. The second-order valence-electron chi connectivity index (χ2n) is 27.5. The predicted molar refractivity (Wildman–Crippen MR) is 301 cm³/mol. The van der Waals surface area contributed by atoms with Crippen LogP contribution in [0.4, 0.5) is 9.59 Å². The quantitative estimate of drug-likeness (QED) is 0.0735. The number of esters is 2. The number of alkyl carbamates (subject to hydrolysis) is 2. The van der Waals surface area contributed by atoms with Crippen molar-refractivity contribution in [2.24, 2.45) is 64.1 Å². The van der Waals surface area contributed by atoms with Crippen molar-refractivity contribution >= 4 is 47.8 Å². The molecule has 0 aromatic carbocycles. The van der Waals surface area contributed by atoms with Gasteiger partial charge in [0.2, 0.25) is 17.7 Å². The van der Waals surface area contributed by atoms with E-state index in [4.69, 9.17) is 23.7 Å². The second kappa shape index (κ2) is 27.9. The van der Waals surface area contributed by atoms with Gasteiger partial charge in [0.05, 0.1) is 46.7 Å². The fraction of sp³-hybridized carbons (Fsp3) is 0.867. The Kier molecular flexibility index (Phi) is 23.2. The molecule has 0 aromatic rings. The molecule has 0 spiro atoms. The molecule has 468 valence electrons. The zero-order chi connectivity index (χ0) is 60.1. The molecule has 4 heterocycles. The fourth-order valence-corrected chi connectivity index (χ4v) is 13.6. The SMILES string of the molecule is C.CC(C)(C)OC(=O)N[C@H](C(=O)N1CC2[C@@H]([C@H]1C(=O)O)C2(C)C)C1CCCCC1.COC(=O)C(O)C(C)CC1COC1.COC(=O)C(O)C(CC1COC1)NC(=O)[C@@H]1[C@@H]2C(CN1C(=O)[C@@H](NC(=O)OC(C)(C)C)C1CCCCC1)C2(C)C. The van der Waals surface area contributed by atoms with Gasteiger partial charge in [-0.25, -0.2) is 24.0 Å². The number of piperidine rings is 2. The van der Waals surface area contributed by atoms with E-state index in [1.54, 1.807) is 46.4 Å². The molecular formula is C60H101N5O17. The van der Waals surface area contributed by atoms with Gasteiger partial charge in [-0.3, -0.25) is 14.4 Å². The molecule has 8 aliphatic rings. The number of nitrogens with zero attached hydrogens (tertiary/aromatic N) is 2. The lowest BCUT2D eigenvalue weighted by atomic mass is 9.83. The zero-order valence-corrected chi connectivity index (χ0v) is 50.4. The summed E-state index contributed by atoms with van der Waals surface area (Å²) in [6.07, 6.45) is 6.92. The van der Waals surface area contributed by atoms with Gasteiger partial charge in [0, 0.05) is 30.8 Å². The molecule has 5 amide bonds. The van der Waals surface area contributed by atoms with Crippen LogP contribution in [-0.2, 0) is 57.2 Å². The topological polar surface area (TPSA) is 295 Å². The van der Waals surface area contributed by atoms with E-state index in [9.17, 15) is 53.7 Å². The number of carboxylic acid groups (broad SMARTS) is 1. The standard InChI is InChI=1S/C29H47N3O8.C21H34N2O5.C9H16O4.CH4/c1-28(2,3)40-27(37)31-21(17-10-8-7-9-11-17)25(35)32-13-18-20(29(18,4)5)22(32)24(34)30-19(12-16-14-39-15-16)23(33)26(36)38-6;1-20(2,3)28-19(27)22-15(12-9-7-6-8-10-12)17(24)23-11-13-14(21(13,4)5)16(23)18(25)26;1-6(3-7-4-13-5-7)8(10)9(11)12-2;/h16-23,33H,7-15H2,1-6H3,(H,30,34)(H,31,37);12-16H,6-11H2,1-5H3,(H,22,27)(H,25,26);6-8,10H,3-5H2,1-2H3;1H4/t18?,19?,20-,21-,22-,23?;13?,14-,15-,16-;;/m00../s1. The molecule has 12 atom stereocenters. The Balaban J connectivity index is 0.000000253. The zero-order valence-electron chi connectivity index (χ0n) is 50.4. The predicted octanol–water partition coefficient (Wildman–Crippen LogP) is 5.85. The summed E-state index contributed by atoms with van der Waals surface area (Å²) in [5, 5.41) is 38.4. The highest BCUT2D eigenvalue weighted by Gasteiger charge is 2.71. The number of ether oxygens (including phenoxy) is 6. The van der Waals surface area contributed by atoms with Crippen molar-refractivity contribution in [2.45, 2.75) is 214 Å². The first-order valence-electron chi connectivity index (χ1n) is 29.6. The Morgan fingerprint density at radius 2 is 0.963 bits per heavy atom. The molecule has 6 unspecified atom stereocenters. The van der Waals surface area contributed by atoms with Gasteiger partial charge in [0.15, 0.2) is 12.2 Å². The van der Waals surface area contributed by atoms with Gasteiger partial charge in [-0.2, -0.15) is 0 Å². The first kappa shape index (κ1) is 68.0. The van der Waals surface area contributed by atoms with Crippen molar-refractivity contribution in [1.82, 2.24) is 25.8 Å². The number of aliphatic carboxylic acids is 1. The Bertz CT molecular complexity index is 2230. The number of fused-ring (bicyclic) bond motifs is 2. The number of methoxy groups -OCH3 is 2. The van der Waals surface area contributed by atoms with Crippen LogP contribution < -0.4 is 16.0 Å². The normalized spacial score (nSPS) is 27.6. The molecule has 82 heavy (non-hydrogen) atoms. The number of hydrogen-bond donors (Lipinski definition) is 6. The van der Waals surface area contributed by atoms with Crippen LogP contribution in [0.5, 0.6) is 0 Å². The number of amides is 5. The number of hydrogen-bond acceptors (Lipinski definition) is 16. The lowest BCUT2D eigenvalue weighted by molar-refractivity contribution is -0.155. The van der Waals surface area contributed by atoms with Crippen LogP contribution in [-0.4, -0.2) is 180 Å². The molecule has 4 aliphatic heterocycles. The van der Waals surface area contributed by atoms with Gasteiger partial charge < -0.3 is 69.5 Å². The van der Waals surface area contributed by atoms with Gasteiger partial charge in [-0.15, -0.1) is 0 Å². The van der Waals surface area contributed by atoms with Gasteiger partial charge in [0.25, 0.3) is 0 Å². The van der Waals surface area contributed by atoms with Gasteiger partial charge in [0.1, 0.15) is 35.4 Å². The number of aliphatic hydroxyl groups excluding tert-OH is 2. The molecule has 8 fully saturated rings. The first-order chi connectivity index (χ1) is 37.8. The number of rotatable bonds is 17. The van der Waals surface area contributed by atoms with Crippen molar-refractivity contribution in [3.63, 3.8) is 0 Å². The molecule has 4 saturated carbocycles. The summed E-state index contributed by atoms with van der Waals surface area (Å²) in [4.78, 5) is 105. The van der Waals surface area contributed by atoms with Crippen LogP contribution in [0.15, 0.2) is 0 Å². The molecule has 4 saturated heterocycles. The highest BCUT2D eigenvalue weighted by atomic mass is 16.6. The van der Waals surface area contributed by atoms with Crippen LogP contribution >= 0.6 is 0 Å². The summed E-state index contributed by atoms with van der Waals surface area (Å²) in [5.41, 5.74) is -1.55. The lowest BCUT2D eigenvalue weighted by Gasteiger charge is -2.38. The third kappa shape index (κ3) is 16.8. The fourth-order valence-electron chi connectivity index (χ4n) is 13.6. The van der Waals surface area contributed by atoms with Crippen LogP contribution in [0.3, 0.4) is 0 Å². The monoisotopic (exact) mass is 1160 g/mol. The summed E-state index contributed by atoms with van der Waals surface area (Å²) < 4.78 is 30.3. The number of nitrogens with one attached hydrogen (secondary N) is 3. The van der Waals surface area contributed by atoms with E-state index in [0.717, 1.165) is 83.8 Å².